The van der Waals surface area contributed by atoms with Gasteiger partial charge in [-0.15, -0.1) is 0 Å². The van der Waals surface area contributed by atoms with Crippen LogP contribution in [0.5, 0.6) is 0 Å². The highest BCUT2D eigenvalue weighted by atomic mass is 19.4. The van der Waals surface area contributed by atoms with Crippen molar-refractivity contribution < 1.29 is 27.9 Å². The van der Waals surface area contributed by atoms with Crippen molar-refractivity contribution in [3.8, 4) is 0 Å². The monoisotopic (exact) mass is 295 g/mol. The summed E-state index contributed by atoms with van der Waals surface area (Å²) in [7, 11) is 0. The molecule has 3 atom stereocenters. The number of carbonyl (C=O) groups is 2. The van der Waals surface area contributed by atoms with Crippen LogP contribution in [-0.4, -0.2) is 29.2 Å². The first-order chi connectivity index (χ1) is 8.95. The molecule has 0 aromatic rings. The molecular weight excluding hydrogens is 275 g/mol. The van der Waals surface area contributed by atoms with Gasteiger partial charge in [0.05, 0.1) is 5.92 Å². The van der Waals surface area contributed by atoms with Crippen LogP contribution < -0.4 is 5.32 Å². The first-order valence-corrected chi connectivity index (χ1v) is 6.54. The number of rotatable bonds is 3. The zero-order chi connectivity index (χ0) is 15.7. The third-order valence-corrected chi connectivity index (χ3v) is 4.45. The van der Waals surface area contributed by atoms with Crippen LogP contribution in [0.1, 0.15) is 40.0 Å². The Morgan fingerprint density at radius 1 is 1.30 bits per heavy atom. The number of nitrogens with one attached hydrogen (secondary N) is 1. The maximum atomic E-state index is 12.1. The predicted molar refractivity (Wildman–Crippen MR) is 65.9 cm³/mol. The van der Waals surface area contributed by atoms with Gasteiger partial charge in [0.15, 0.2) is 0 Å². The van der Waals surface area contributed by atoms with Crippen LogP contribution in [0, 0.1) is 17.3 Å². The molecule has 1 rings (SSSR count). The third-order valence-electron chi connectivity index (χ3n) is 4.45. The summed E-state index contributed by atoms with van der Waals surface area (Å²) in [5.41, 5.74) is -0.583. The highest BCUT2D eigenvalue weighted by Gasteiger charge is 2.47. The number of carbonyl (C=O) groups excluding carboxylic acids is 1. The molecular formula is C13H20F3NO3. The number of halogens is 3. The van der Waals surface area contributed by atoms with E-state index in [9.17, 15) is 27.9 Å². The molecule has 3 unspecified atom stereocenters. The molecule has 7 heteroatoms. The first-order valence-electron chi connectivity index (χ1n) is 6.54. The van der Waals surface area contributed by atoms with Crippen molar-refractivity contribution in [2.24, 2.45) is 17.3 Å². The molecule has 1 amide bonds. The van der Waals surface area contributed by atoms with Gasteiger partial charge in [-0.25, -0.2) is 0 Å². The van der Waals surface area contributed by atoms with Gasteiger partial charge in [0, 0.05) is 6.04 Å². The maximum Gasteiger partial charge on any atom is 0.397 e. The minimum atomic E-state index is -4.53. The van der Waals surface area contributed by atoms with Crippen molar-refractivity contribution in [1.82, 2.24) is 5.32 Å². The molecule has 0 aromatic heterocycles. The highest BCUT2D eigenvalue weighted by molar-refractivity contribution is 5.77. The van der Waals surface area contributed by atoms with Crippen LogP contribution in [0.3, 0.4) is 0 Å². The van der Waals surface area contributed by atoms with E-state index in [1.165, 1.54) is 0 Å². The summed E-state index contributed by atoms with van der Waals surface area (Å²) in [4.78, 5) is 22.5. The molecule has 0 saturated heterocycles. The minimum Gasteiger partial charge on any atom is -0.481 e. The molecule has 1 aliphatic rings. The second-order valence-corrected chi connectivity index (χ2v) is 6.04. The van der Waals surface area contributed by atoms with Gasteiger partial charge >= 0.3 is 12.1 Å². The van der Waals surface area contributed by atoms with Gasteiger partial charge in [0.25, 0.3) is 0 Å². The molecule has 0 aromatic carbocycles. The number of hydrogen-bond donors (Lipinski definition) is 2. The average molecular weight is 295 g/mol. The van der Waals surface area contributed by atoms with Crippen molar-refractivity contribution in [3.05, 3.63) is 0 Å². The van der Waals surface area contributed by atoms with Crippen LogP contribution in [-0.2, 0) is 9.59 Å². The number of carboxylic acids is 1. The molecule has 20 heavy (non-hydrogen) atoms. The Kier molecular flexibility index (Phi) is 4.71. The number of aliphatic carboxylic acids is 1. The standard InChI is InChI=1S/C13H20F3NO3/c1-7-9(17-10(18)6-13(14,15)16)5-4-8(11(19)20)12(7,2)3/h7-9H,4-6H2,1-3H3,(H,17,18)(H,19,20). The van der Waals surface area contributed by atoms with E-state index in [0.29, 0.717) is 12.8 Å². The van der Waals surface area contributed by atoms with Crippen molar-refractivity contribution in [1.29, 1.82) is 0 Å². The molecule has 0 heterocycles. The topological polar surface area (TPSA) is 66.4 Å². The first kappa shape index (κ1) is 16.8. The maximum absolute atomic E-state index is 12.1. The van der Waals surface area contributed by atoms with Gasteiger partial charge in [0.2, 0.25) is 5.91 Å². The summed E-state index contributed by atoms with van der Waals surface area (Å²) in [6.07, 6.45) is -5.30. The number of hydrogen-bond acceptors (Lipinski definition) is 2. The van der Waals surface area contributed by atoms with Gasteiger partial charge in [-0.1, -0.05) is 20.8 Å². The molecule has 1 fully saturated rings. The predicted octanol–water partition coefficient (Wildman–Crippen LogP) is 2.58. The van der Waals surface area contributed by atoms with E-state index in [1.54, 1.807) is 20.8 Å². The van der Waals surface area contributed by atoms with Crippen LogP contribution in [0.4, 0.5) is 13.2 Å². The zero-order valence-corrected chi connectivity index (χ0v) is 11.8. The lowest BCUT2D eigenvalue weighted by molar-refractivity contribution is -0.155. The molecule has 0 radical (unpaired) electrons. The lowest BCUT2D eigenvalue weighted by Crippen LogP contribution is -2.52. The average Bonchev–Trinajstić information content (AvgIpc) is 2.21. The number of alkyl halides is 3. The van der Waals surface area contributed by atoms with Crippen molar-refractivity contribution in [2.45, 2.75) is 52.3 Å². The van der Waals surface area contributed by atoms with E-state index >= 15 is 0 Å². The Morgan fingerprint density at radius 3 is 2.30 bits per heavy atom. The Morgan fingerprint density at radius 2 is 1.85 bits per heavy atom. The van der Waals surface area contributed by atoms with Crippen LogP contribution in [0.2, 0.25) is 0 Å². The van der Waals surface area contributed by atoms with E-state index < -0.39 is 41.8 Å². The summed E-state index contributed by atoms with van der Waals surface area (Å²) in [6.45, 7) is 5.32. The molecule has 4 nitrogen and oxygen atoms in total. The Bertz CT molecular complexity index is 393. The Balaban J connectivity index is 2.71. The minimum absolute atomic E-state index is 0.213. The summed E-state index contributed by atoms with van der Waals surface area (Å²) in [5, 5.41) is 11.6. The molecule has 0 spiro atoms. The molecule has 0 aliphatic heterocycles. The Labute approximate surface area is 115 Å². The van der Waals surface area contributed by atoms with Crippen LogP contribution >= 0.6 is 0 Å². The number of carboxylic acid groups (broad SMARTS) is 1. The largest absolute Gasteiger partial charge is 0.481 e. The summed E-state index contributed by atoms with van der Waals surface area (Å²) >= 11 is 0. The zero-order valence-electron chi connectivity index (χ0n) is 11.8. The molecule has 1 aliphatic carbocycles. The fourth-order valence-electron chi connectivity index (χ4n) is 2.88. The van der Waals surface area contributed by atoms with E-state index in [-0.39, 0.29) is 5.92 Å². The van der Waals surface area contributed by atoms with E-state index in [2.05, 4.69) is 5.32 Å². The summed E-state index contributed by atoms with van der Waals surface area (Å²) in [6, 6.07) is -0.421. The number of amides is 1. The van der Waals surface area contributed by atoms with E-state index in [4.69, 9.17) is 0 Å². The third kappa shape index (κ3) is 3.86. The van der Waals surface area contributed by atoms with Gasteiger partial charge in [-0.2, -0.15) is 13.2 Å². The highest BCUT2D eigenvalue weighted by Crippen LogP contribution is 2.45. The fraction of sp³-hybridized carbons (Fsp3) is 0.846. The van der Waals surface area contributed by atoms with Crippen molar-refractivity contribution in [2.75, 3.05) is 0 Å². The van der Waals surface area contributed by atoms with Gasteiger partial charge in [0.1, 0.15) is 6.42 Å². The van der Waals surface area contributed by atoms with E-state index in [1.807, 2.05) is 0 Å². The lowest BCUT2D eigenvalue weighted by Gasteiger charge is -2.46. The lowest BCUT2D eigenvalue weighted by atomic mass is 9.61. The van der Waals surface area contributed by atoms with Crippen LogP contribution in [0.25, 0.3) is 0 Å². The SMILES string of the molecule is CC1C(NC(=O)CC(F)(F)F)CCC(C(=O)O)C1(C)C. The van der Waals surface area contributed by atoms with Gasteiger partial charge < -0.3 is 10.4 Å². The van der Waals surface area contributed by atoms with Crippen molar-refractivity contribution >= 4 is 11.9 Å². The smallest absolute Gasteiger partial charge is 0.397 e. The fourth-order valence-corrected chi connectivity index (χ4v) is 2.88. The molecule has 2 N–H and O–H groups in total. The van der Waals surface area contributed by atoms with Gasteiger partial charge in [-0.3, -0.25) is 9.59 Å². The van der Waals surface area contributed by atoms with Crippen molar-refractivity contribution in [3.63, 3.8) is 0 Å². The second kappa shape index (κ2) is 5.61. The normalized spacial score (nSPS) is 29.8. The Hall–Kier alpha value is -1.27. The molecule has 116 valence electrons. The molecule has 0 bridgehead atoms. The summed E-state index contributed by atoms with van der Waals surface area (Å²) < 4.78 is 36.4. The second-order valence-electron chi connectivity index (χ2n) is 6.04. The van der Waals surface area contributed by atoms with Gasteiger partial charge in [-0.05, 0) is 24.2 Å². The van der Waals surface area contributed by atoms with E-state index in [0.717, 1.165) is 0 Å². The quantitative estimate of drug-likeness (QED) is 0.841. The van der Waals surface area contributed by atoms with Crippen LogP contribution in [0.15, 0.2) is 0 Å². The summed E-state index contributed by atoms with van der Waals surface area (Å²) in [5.74, 6) is -2.72. The molecule has 1 saturated carbocycles.